The van der Waals surface area contributed by atoms with Crippen molar-refractivity contribution in [2.45, 2.75) is 24.7 Å². The summed E-state index contributed by atoms with van der Waals surface area (Å²) in [5, 5.41) is 0. The Balaban J connectivity index is 1.80. The van der Waals surface area contributed by atoms with Crippen LogP contribution in [0.1, 0.15) is 19.8 Å². The lowest BCUT2D eigenvalue weighted by Crippen LogP contribution is -2.42. The van der Waals surface area contributed by atoms with E-state index < -0.39 is 10.0 Å². The standard InChI is InChI=1S/C14H23N5O2S/c1-12-4-9-19(10-5-12)14(15)17-7-8-18-22(20,21)13-3-2-6-16-11-13/h2-3,6,11-12,18H,4-5,7-10H2,1H3,(H2,15,17). The zero-order valence-corrected chi connectivity index (χ0v) is 13.6. The van der Waals surface area contributed by atoms with Crippen LogP contribution in [0.15, 0.2) is 34.4 Å². The van der Waals surface area contributed by atoms with Gasteiger partial charge in [0.15, 0.2) is 5.96 Å². The van der Waals surface area contributed by atoms with Crippen molar-refractivity contribution >= 4 is 16.0 Å². The second-order valence-corrected chi connectivity index (χ2v) is 7.26. The first-order valence-corrected chi connectivity index (χ1v) is 8.92. The van der Waals surface area contributed by atoms with Gasteiger partial charge in [-0.2, -0.15) is 0 Å². The Labute approximate surface area is 131 Å². The van der Waals surface area contributed by atoms with Gasteiger partial charge < -0.3 is 10.6 Å². The van der Waals surface area contributed by atoms with E-state index in [0.717, 1.165) is 31.8 Å². The quantitative estimate of drug-likeness (QED) is 0.464. The van der Waals surface area contributed by atoms with Gasteiger partial charge in [0.05, 0.1) is 6.54 Å². The van der Waals surface area contributed by atoms with Crippen LogP contribution in [0, 0.1) is 5.92 Å². The third-order valence-corrected chi connectivity index (χ3v) is 5.18. The fourth-order valence-electron chi connectivity index (χ4n) is 2.28. The first kappa shape index (κ1) is 16.7. The maximum Gasteiger partial charge on any atom is 0.242 e. The van der Waals surface area contributed by atoms with Gasteiger partial charge >= 0.3 is 0 Å². The Kier molecular flexibility index (Phi) is 5.73. The molecule has 1 aromatic rings. The van der Waals surface area contributed by atoms with Crippen molar-refractivity contribution in [3.8, 4) is 0 Å². The average molecular weight is 325 g/mol. The number of nitrogens with zero attached hydrogens (tertiary/aromatic N) is 3. The summed E-state index contributed by atoms with van der Waals surface area (Å²) < 4.78 is 26.4. The summed E-state index contributed by atoms with van der Waals surface area (Å²) in [7, 11) is -3.53. The van der Waals surface area contributed by atoms with Crippen molar-refractivity contribution in [2.75, 3.05) is 26.2 Å². The molecule has 1 saturated heterocycles. The third-order valence-electron chi connectivity index (χ3n) is 3.73. The van der Waals surface area contributed by atoms with E-state index in [0.29, 0.717) is 12.5 Å². The first-order valence-electron chi connectivity index (χ1n) is 7.43. The molecule has 2 heterocycles. The number of pyridine rings is 1. The van der Waals surface area contributed by atoms with Gasteiger partial charge in [0, 0.05) is 32.0 Å². The molecule has 0 bridgehead atoms. The van der Waals surface area contributed by atoms with E-state index in [4.69, 9.17) is 5.73 Å². The van der Waals surface area contributed by atoms with E-state index >= 15 is 0 Å². The minimum atomic E-state index is -3.53. The van der Waals surface area contributed by atoms with Gasteiger partial charge in [-0.15, -0.1) is 0 Å². The lowest BCUT2D eigenvalue weighted by Gasteiger charge is -2.31. The van der Waals surface area contributed by atoms with Crippen molar-refractivity contribution in [1.82, 2.24) is 14.6 Å². The van der Waals surface area contributed by atoms with Gasteiger partial charge in [-0.3, -0.25) is 9.98 Å². The number of rotatable bonds is 5. The SMILES string of the molecule is CC1CCN(C(N)=NCCNS(=O)(=O)c2cccnc2)CC1. The second-order valence-electron chi connectivity index (χ2n) is 5.50. The Morgan fingerprint density at radius 1 is 1.50 bits per heavy atom. The van der Waals surface area contributed by atoms with E-state index in [2.05, 4.69) is 26.5 Å². The molecule has 3 N–H and O–H groups in total. The van der Waals surface area contributed by atoms with Crippen LogP contribution in [0.2, 0.25) is 0 Å². The van der Waals surface area contributed by atoms with Crippen molar-refractivity contribution in [1.29, 1.82) is 0 Å². The Hall–Kier alpha value is -1.67. The smallest absolute Gasteiger partial charge is 0.242 e. The zero-order valence-electron chi connectivity index (χ0n) is 12.8. The lowest BCUT2D eigenvalue weighted by atomic mass is 10.00. The summed E-state index contributed by atoms with van der Waals surface area (Å²) in [6, 6.07) is 3.09. The number of aliphatic imine (C=N–C) groups is 1. The van der Waals surface area contributed by atoms with Gasteiger partial charge in [-0.25, -0.2) is 13.1 Å². The molecule has 1 fully saturated rings. The van der Waals surface area contributed by atoms with Crippen LogP contribution in [0.5, 0.6) is 0 Å². The monoisotopic (exact) mass is 325 g/mol. The normalized spacial score (nSPS) is 17.7. The highest BCUT2D eigenvalue weighted by atomic mass is 32.2. The molecule has 0 aliphatic carbocycles. The van der Waals surface area contributed by atoms with Crippen LogP contribution in [0.4, 0.5) is 0 Å². The summed E-state index contributed by atoms with van der Waals surface area (Å²) in [6.07, 6.45) is 5.08. The first-order chi connectivity index (χ1) is 10.5. The second kappa shape index (κ2) is 7.55. The van der Waals surface area contributed by atoms with Crippen molar-refractivity contribution in [2.24, 2.45) is 16.6 Å². The number of aromatic nitrogens is 1. The Bertz CT molecular complexity index is 595. The zero-order chi connectivity index (χ0) is 16.0. The van der Waals surface area contributed by atoms with Crippen LogP contribution in [-0.4, -0.2) is 50.4 Å². The van der Waals surface area contributed by atoms with Crippen molar-refractivity contribution < 1.29 is 8.42 Å². The van der Waals surface area contributed by atoms with E-state index in [9.17, 15) is 8.42 Å². The molecule has 7 nitrogen and oxygen atoms in total. The number of hydrogen-bond donors (Lipinski definition) is 2. The number of guanidine groups is 1. The summed E-state index contributed by atoms with van der Waals surface area (Å²) in [6.45, 7) is 4.59. The molecule has 2 rings (SSSR count). The van der Waals surface area contributed by atoms with Gasteiger partial charge in [0.2, 0.25) is 10.0 Å². The van der Waals surface area contributed by atoms with Gasteiger partial charge in [-0.1, -0.05) is 6.92 Å². The summed E-state index contributed by atoms with van der Waals surface area (Å²) in [5.41, 5.74) is 5.94. The molecule has 8 heteroatoms. The minimum Gasteiger partial charge on any atom is -0.370 e. The van der Waals surface area contributed by atoms with Crippen LogP contribution < -0.4 is 10.5 Å². The number of piperidine rings is 1. The predicted molar refractivity (Wildman–Crippen MR) is 85.9 cm³/mol. The summed E-state index contributed by atoms with van der Waals surface area (Å²) in [5.74, 6) is 1.22. The molecule has 0 amide bonds. The molecule has 1 aliphatic rings. The molecule has 1 aromatic heterocycles. The highest BCUT2D eigenvalue weighted by Crippen LogP contribution is 2.15. The van der Waals surface area contributed by atoms with Crippen molar-refractivity contribution in [3.63, 3.8) is 0 Å². The molecule has 0 atom stereocenters. The molecular formula is C14H23N5O2S. The Morgan fingerprint density at radius 3 is 2.86 bits per heavy atom. The molecule has 122 valence electrons. The number of nitrogens with one attached hydrogen (secondary N) is 1. The van der Waals surface area contributed by atoms with Crippen LogP contribution in [0.25, 0.3) is 0 Å². The van der Waals surface area contributed by atoms with Gasteiger partial charge in [0.1, 0.15) is 4.90 Å². The molecule has 0 radical (unpaired) electrons. The minimum absolute atomic E-state index is 0.150. The molecule has 0 saturated carbocycles. The van der Waals surface area contributed by atoms with E-state index in [1.807, 2.05) is 0 Å². The number of nitrogens with two attached hydrogens (primary N) is 1. The van der Waals surface area contributed by atoms with E-state index in [1.165, 1.54) is 18.5 Å². The maximum absolute atomic E-state index is 12.0. The summed E-state index contributed by atoms with van der Waals surface area (Å²) >= 11 is 0. The predicted octanol–water partition coefficient (Wildman–Crippen LogP) is 0.407. The summed E-state index contributed by atoms with van der Waals surface area (Å²) in [4.78, 5) is 10.2. The molecule has 1 aliphatic heterocycles. The molecule has 0 aromatic carbocycles. The third kappa shape index (κ3) is 4.67. The fourth-order valence-corrected chi connectivity index (χ4v) is 3.26. The highest BCUT2D eigenvalue weighted by molar-refractivity contribution is 7.89. The number of hydrogen-bond acceptors (Lipinski definition) is 4. The molecular weight excluding hydrogens is 302 g/mol. The topological polar surface area (TPSA) is 101 Å². The number of sulfonamides is 1. The van der Waals surface area contributed by atoms with E-state index in [1.54, 1.807) is 6.07 Å². The van der Waals surface area contributed by atoms with E-state index in [-0.39, 0.29) is 11.4 Å². The Morgan fingerprint density at radius 2 is 2.23 bits per heavy atom. The fraction of sp³-hybridized carbons (Fsp3) is 0.571. The molecule has 22 heavy (non-hydrogen) atoms. The van der Waals surface area contributed by atoms with Gasteiger partial charge in [0.25, 0.3) is 0 Å². The lowest BCUT2D eigenvalue weighted by molar-refractivity contribution is 0.277. The van der Waals surface area contributed by atoms with Crippen LogP contribution in [0.3, 0.4) is 0 Å². The maximum atomic E-state index is 12.0. The molecule has 0 spiro atoms. The average Bonchev–Trinajstić information content (AvgIpc) is 2.53. The van der Waals surface area contributed by atoms with Crippen LogP contribution >= 0.6 is 0 Å². The largest absolute Gasteiger partial charge is 0.370 e. The number of likely N-dealkylation sites (tertiary alicyclic amines) is 1. The van der Waals surface area contributed by atoms with Gasteiger partial charge in [-0.05, 0) is 30.9 Å². The van der Waals surface area contributed by atoms with Crippen LogP contribution in [-0.2, 0) is 10.0 Å². The molecule has 0 unspecified atom stereocenters. The highest BCUT2D eigenvalue weighted by Gasteiger charge is 2.17. The van der Waals surface area contributed by atoms with Crippen molar-refractivity contribution in [3.05, 3.63) is 24.5 Å².